The van der Waals surface area contributed by atoms with E-state index in [1.165, 1.54) is 19.3 Å². The van der Waals surface area contributed by atoms with Gasteiger partial charge in [-0.3, -0.25) is 0 Å². The lowest BCUT2D eigenvalue weighted by Gasteiger charge is -2.32. The first-order chi connectivity index (χ1) is 8.56. The minimum Gasteiger partial charge on any atom is -0.388 e. The highest BCUT2D eigenvalue weighted by Gasteiger charge is 2.24. The molecule has 98 valence electrons. The molecule has 1 heterocycles. The highest BCUT2D eigenvalue weighted by Crippen LogP contribution is 2.30. The van der Waals surface area contributed by atoms with Gasteiger partial charge in [0.25, 0.3) is 0 Å². The molecule has 1 aliphatic rings. The number of aromatic nitrogens is 2. The van der Waals surface area contributed by atoms with E-state index < -0.39 is 0 Å². The zero-order chi connectivity index (χ0) is 13.1. The van der Waals surface area contributed by atoms with Crippen LogP contribution in [-0.4, -0.2) is 21.0 Å². The van der Waals surface area contributed by atoms with Gasteiger partial charge < -0.3 is 11.1 Å². The summed E-state index contributed by atoms with van der Waals surface area (Å²) in [5, 5.41) is 3.39. The highest BCUT2D eigenvalue weighted by molar-refractivity contribution is 7.80. The predicted octanol–water partition coefficient (Wildman–Crippen LogP) is 2.35. The molecule has 0 aromatic carbocycles. The number of rotatable bonds is 3. The van der Waals surface area contributed by atoms with Gasteiger partial charge in [-0.1, -0.05) is 26.1 Å². The van der Waals surface area contributed by atoms with Crippen LogP contribution in [0.1, 0.15) is 38.8 Å². The van der Waals surface area contributed by atoms with Crippen LogP contribution in [0.4, 0.5) is 5.95 Å². The molecule has 18 heavy (non-hydrogen) atoms. The molecule has 1 aliphatic carbocycles. The molecular formula is C13H20N4S. The van der Waals surface area contributed by atoms with Crippen molar-refractivity contribution in [3.8, 4) is 0 Å². The Hall–Kier alpha value is -1.23. The van der Waals surface area contributed by atoms with Gasteiger partial charge in [0, 0.05) is 12.2 Å². The van der Waals surface area contributed by atoms with Crippen LogP contribution >= 0.6 is 12.2 Å². The van der Waals surface area contributed by atoms with Crippen molar-refractivity contribution in [2.45, 2.75) is 39.2 Å². The summed E-state index contributed by atoms with van der Waals surface area (Å²) in [4.78, 5) is 8.86. The maximum Gasteiger partial charge on any atom is 0.223 e. The van der Waals surface area contributed by atoms with Gasteiger partial charge in [-0.2, -0.15) is 0 Å². The summed E-state index contributed by atoms with van der Waals surface area (Å²) >= 11 is 4.92. The smallest absolute Gasteiger partial charge is 0.223 e. The van der Waals surface area contributed by atoms with Crippen molar-refractivity contribution >= 4 is 23.2 Å². The summed E-state index contributed by atoms with van der Waals surface area (Å²) in [7, 11) is 0. The summed E-state index contributed by atoms with van der Waals surface area (Å²) in [5.41, 5.74) is 6.19. The molecule has 1 aromatic rings. The molecule has 1 fully saturated rings. The maximum absolute atomic E-state index is 5.57. The first-order valence-electron chi connectivity index (χ1n) is 6.45. The second-order valence-corrected chi connectivity index (χ2v) is 5.68. The van der Waals surface area contributed by atoms with E-state index in [9.17, 15) is 0 Å². The normalized spacial score (nSPS) is 27.8. The molecule has 0 bridgehead atoms. The Morgan fingerprint density at radius 2 is 2.17 bits per heavy atom. The predicted molar refractivity (Wildman–Crippen MR) is 77.5 cm³/mol. The van der Waals surface area contributed by atoms with E-state index in [0.29, 0.717) is 22.7 Å². The first kappa shape index (κ1) is 13.2. The van der Waals surface area contributed by atoms with Crippen LogP contribution < -0.4 is 11.1 Å². The number of hydrogen-bond donors (Lipinski definition) is 2. The Morgan fingerprint density at radius 3 is 2.83 bits per heavy atom. The van der Waals surface area contributed by atoms with Crippen LogP contribution in [0.5, 0.6) is 0 Å². The summed E-state index contributed by atoms with van der Waals surface area (Å²) in [6.45, 7) is 4.63. The number of hydrogen-bond acceptors (Lipinski definition) is 4. The van der Waals surface area contributed by atoms with E-state index in [1.807, 2.05) is 0 Å². The van der Waals surface area contributed by atoms with Gasteiger partial charge in [0.2, 0.25) is 5.95 Å². The van der Waals surface area contributed by atoms with Crippen molar-refractivity contribution in [3.63, 3.8) is 0 Å². The molecule has 0 amide bonds. The van der Waals surface area contributed by atoms with Gasteiger partial charge in [-0.05, 0) is 37.2 Å². The molecule has 2 rings (SSSR count). The molecule has 0 saturated heterocycles. The average Bonchev–Trinajstić information content (AvgIpc) is 2.34. The standard InChI is InChI=1S/C13H20N4S/c1-8-3-4-10(7-9(8)2)16-13-15-6-5-11(17-13)12(14)18/h5-6,8-10H,3-4,7H2,1-2H3,(H2,14,18)(H,15,16,17). The molecule has 3 atom stereocenters. The van der Waals surface area contributed by atoms with Crippen LogP contribution in [0, 0.1) is 11.8 Å². The number of thiocarbonyl (C=S) groups is 1. The largest absolute Gasteiger partial charge is 0.388 e. The van der Waals surface area contributed by atoms with E-state index in [1.54, 1.807) is 12.3 Å². The monoisotopic (exact) mass is 264 g/mol. The fourth-order valence-corrected chi connectivity index (χ4v) is 2.54. The van der Waals surface area contributed by atoms with Crippen molar-refractivity contribution in [2.75, 3.05) is 5.32 Å². The Bertz CT molecular complexity index is 435. The molecular weight excluding hydrogens is 244 g/mol. The molecule has 4 nitrogen and oxygen atoms in total. The van der Waals surface area contributed by atoms with E-state index in [2.05, 4.69) is 29.1 Å². The lowest BCUT2D eigenvalue weighted by Crippen LogP contribution is -2.31. The number of anilines is 1. The van der Waals surface area contributed by atoms with Crippen LogP contribution in [0.15, 0.2) is 12.3 Å². The summed E-state index contributed by atoms with van der Waals surface area (Å²) < 4.78 is 0. The Labute approximate surface area is 113 Å². The molecule has 1 saturated carbocycles. The van der Waals surface area contributed by atoms with Crippen molar-refractivity contribution in [1.29, 1.82) is 0 Å². The topological polar surface area (TPSA) is 63.8 Å². The van der Waals surface area contributed by atoms with E-state index in [4.69, 9.17) is 18.0 Å². The lowest BCUT2D eigenvalue weighted by atomic mass is 9.79. The van der Waals surface area contributed by atoms with Crippen LogP contribution in [0.25, 0.3) is 0 Å². The molecule has 3 N–H and O–H groups in total. The van der Waals surface area contributed by atoms with Gasteiger partial charge in [0.05, 0.1) is 0 Å². The fraction of sp³-hybridized carbons (Fsp3) is 0.615. The first-order valence-corrected chi connectivity index (χ1v) is 6.86. The average molecular weight is 264 g/mol. The Morgan fingerprint density at radius 1 is 1.39 bits per heavy atom. The highest BCUT2D eigenvalue weighted by atomic mass is 32.1. The van der Waals surface area contributed by atoms with Crippen molar-refractivity contribution in [2.24, 2.45) is 17.6 Å². The third-order valence-corrected chi connectivity index (χ3v) is 4.05. The lowest BCUT2D eigenvalue weighted by molar-refractivity contribution is 0.260. The molecule has 1 aromatic heterocycles. The summed E-state index contributed by atoms with van der Waals surface area (Å²) in [6.07, 6.45) is 5.29. The number of nitrogens with one attached hydrogen (secondary N) is 1. The van der Waals surface area contributed by atoms with Crippen LogP contribution in [-0.2, 0) is 0 Å². The second kappa shape index (κ2) is 5.61. The van der Waals surface area contributed by atoms with Crippen molar-refractivity contribution in [3.05, 3.63) is 18.0 Å². The zero-order valence-corrected chi connectivity index (χ0v) is 11.7. The minimum atomic E-state index is 0.311. The summed E-state index contributed by atoms with van der Waals surface area (Å²) in [6, 6.07) is 2.19. The van der Waals surface area contributed by atoms with Gasteiger partial charge in [0.1, 0.15) is 10.7 Å². The Balaban J connectivity index is 2.01. The molecule has 0 radical (unpaired) electrons. The molecule has 0 spiro atoms. The van der Waals surface area contributed by atoms with E-state index >= 15 is 0 Å². The Kier molecular flexibility index (Phi) is 4.11. The van der Waals surface area contributed by atoms with Crippen LogP contribution in [0.3, 0.4) is 0 Å². The number of nitrogens with two attached hydrogens (primary N) is 1. The van der Waals surface area contributed by atoms with E-state index in [-0.39, 0.29) is 0 Å². The quantitative estimate of drug-likeness (QED) is 0.820. The maximum atomic E-state index is 5.57. The van der Waals surface area contributed by atoms with E-state index in [0.717, 1.165) is 11.8 Å². The SMILES string of the molecule is CC1CCC(Nc2nccc(C(N)=S)n2)CC1C. The fourth-order valence-electron chi connectivity index (χ4n) is 2.43. The molecule has 0 aliphatic heterocycles. The summed E-state index contributed by atoms with van der Waals surface area (Å²) in [5.74, 6) is 2.19. The van der Waals surface area contributed by atoms with Gasteiger partial charge in [0.15, 0.2) is 0 Å². The minimum absolute atomic E-state index is 0.311. The number of nitrogens with zero attached hydrogens (tertiary/aromatic N) is 2. The third kappa shape index (κ3) is 3.16. The van der Waals surface area contributed by atoms with Gasteiger partial charge >= 0.3 is 0 Å². The van der Waals surface area contributed by atoms with Gasteiger partial charge in [-0.25, -0.2) is 9.97 Å². The van der Waals surface area contributed by atoms with Crippen molar-refractivity contribution < 1.29 is 0 Å². The molecule has 3 unspecified atom stereocenters. The third-order valence-electron chi connectivity index (χ3n) is 3.84. The second-order valence-electron chi connectivity index (χ2n) is 5.24. The van der Waals surface area contributed by atoms with Gasteiger partial charge in [-0.15, -0.1) is 0 Å². The van der Waals surface area contributed by atoms with Crippen molar-refractivity contribution in [1.82, 2.24) is 9.97 Å². The van der Waals surface area contributed by atoms with Crippen LogP contribution in [0.2, 0.25) is 0 Å². The zero-order valence-electron chi connectivity index (χ0n) is 10.9. The molecule has 5 heteroatoms.